The zero-order valence-corrected chi connectivity index (χ0v) is 16.3. The molecule has 0 heterocycles. The first-order valence-corrected chi connectivity index (χ1v) is 9.32. The van der Waals surface area contributed by atoms with Crippen LogP contribution >= 0.6 is 11.6 Å². The Kier molecular flexibility index (Phi) is 8.14. The van der Waals surface area contributed by atoms with Crippen LogP contribution in [0, 0.1) is 0 Å². The molecular weight excluding hydrogens is 366 g/mol. The van der Waals surface area contributed by atoms with Crippen molar-refractivity contribution in [3.05, 3.63) is 64.7 Å². The van der Waals surface area contributed by atoms with Crippen molar-refractivity contribution in [3.8, 4) is 5.75 Å². The maximum Gasteiger partial charge on any atom is 0.308 e. The van der Waals surface area contributed by atoms with Crippen molar-refractivity contribution in [3.63, 3.8) is 0 Å². The summed E-state index contributed by atoms with van der Waals surface area (Å²) in [6.07, 6.45) is 0.933. The Balaban J connectivity index is 2.01. The number of rotatable bonds is 9. The molecule has 2 aromatic rings. The third-order valence-electron chi connectivity index (χ3n) is 3.99. The van der Waals surface area contributed by atoms with Crippen LogP contribution in [0.5, 0.6) is 5.75 Å². The Bertz CT molecular complexity index is 761. The van der Waals surface area contributed by atoms with E-state index < -0.39 is 12.0 Å². The lowest BCUT2D eigenvalue weighted by molar-refractivity contribution is -0.143. The number of nitrogens with one attached hydrogen (secondary N) is 1. The van der Waals surface area contributed by atoms with Gasteiger partial charge in [0.15, 0.2) is 6.61 Å². The van der Waals surface area contributed by atoms with Gasteiger partial charge in [0.05, 0.1) is 19.1 Å². The first kappa shape index (κ1) is 20.8. The topological polar surface area (TPSA) is 64.6 Å². The molecule has 1 atom stereocenters. The molecule has 27 heavy (non-hydrogen) atoms. The van der Waals surface area contributed by atoms with Gasteiger partial charge in [-0.15, -0.1) is 0 Å². The molecule has 1 amide bonds. The van der Waals surface area contributed by atoms with E-state index >= 15 is 0 Å². The molecule has 0 aromatic heterocycles. The molecule has 2 aromatic carbocycles. The number of esters is 1. The summed E-state index contributed by atoms with van der Waals surface area (Å²) in [5, 5.41) is 3.28. The van der Waals surface area contributed by atoms with Gasteiger partial charge in [0.25, 0.3) is 5.91 Å². The summed E-state index contributed by atoms with van der Waals surface area (Å²) in [6, 6.07) is 14.1. The van der Waals surface area contributed by atoms with E-state index in [4.69, 9.17) is 21.1 Å². The van der Waals surface area contributed by atoms with E-state index in [0.717, 1.165) is 6.42 Å². The van der Waals surface area contributed by atoms with Gasteiger partial charge in [-0.2, -0.15) is 0 Å². The molecule has 0 saturated heterocycles. The van der Waals surface area contributed by atoms with E-state index in [1.807, 2.05) is 24.3 Å². The number of amides is 1. The van der Waals surface area contributed by atoms with Crippen LogP contribution in [-0.2, 0) is 20.7 Å². The van der Waals surface area contributed by atoms with Crippen LogP contribution in [0.2, 0.25) is 5.02 Å². The van der Waals surface area contributed by atoms with E-state index in [-0.39, 0.29) is 25.5 Å². The summed E-state index contributed by atoms with van der Waals surface area (Å²) < 4.78 is 10.5. The van der Waals surface area contributed by atoms with Gasteiger partial charge < -0.3 is 14.8 Å². The van der Waals surface area contributed by atoms with Crippen LogP contribution in [0.15, 0.2) is 48.5 Å². The first-order chi connectivity index (χ1) is 13.0. The summed E-state index contributed by atoms with van der Waals surface area (Å²) in [5.41, 5.74) is 1.85. The fourth-order valence-electron chi connectivity index (χ4n) is 2.59. The second-order valence-corrected chi connectivity index (χ2v) is 6.34. The van der Waals surface area contributed by atoms with Crippen molar-refractivity contribution >= 4 is 23.5 Å². The van der Waals surface area contributed by atoms with E-state index in [2.05, 4.69) is 12.2 Å². The van der Waals surface area contributed by atoms with Gasteiger partial charge in [-0.1, -0.05) is 48.9 Å². The standard InChI is InChI=1S/C21H24ClNO4/c1-3-15-9-11-16(12-10-15)27-14-20(24)23-19(13-21(25)26-4-2)17-7-5-6-8-18(17)22/h5-12,19H,3-4,13-14H2,1-2H3,(H,23,24)/t19-/m0/s1. The number of aryl methyl sites for hydroxylation is 1. The average molecular weight is 390 g/mol. The smallest absolute Gasteiger partial charge is 0.308 e. The second kappa shape index (κ2) is 10.6. The fraction of sp³-hybridized carbons (Fsp3) is 0.333. The first-order valence-electron chi connectivity index (χ1n) is 8.94. The molecule has 1 N–H and O–H groups in total. The summed E-state index contributed by atoms with van der Waals surface area (Å²) >= 11 is 6.23. The highest BCUT2D eigenvalue weighted by Crippen LogP contribution is 2.25. The molecule has 6 heteroatoms. The number of halogens is 1. The molecule has 0 bridgehead atoms. The molecule has 0 spiro atoms. The Morgan fingerprint density at radius 3 is 2.41 bits per heavy atom. The average Bonchev–Trinajstić information content (AvgIpc) is 2.67. The van der Waals surface area contributed by atoms with Gasteiger partial charge in [-0.25, -0.2) is 0 Å². The van der Waals surface area contributed by atoms with Gasteiger partial charge >= 0.3 is 5.97 Å². The number of carbonyl (C=O) groups excluding carboxylic acids is 2. The highest BCUT2D eigenvalue weighted by molar-refractivity contribution is 6.31. The molecule has 0 saturated carbocycles. The monoisotopic (exact) mass is 389 g/mol. The highest BCUT2D eigenvalue weighted by atomic mass is 35.5. The number of benzene rings is 2. The SMILES string of the molecule is CCOC(=O)C[C@H](NC(=O)COc1ccc(CC)cc1)c1ccccc1Cl. The largest absolute Gasteiger partial charge is 0.484 e. The number of ether oxygens (including phenoxy) is 2. The molecule has 144 valence electrons. The minimum absolute atomic E-state index is 0.00545. The predicted molar refractivity (Wildman–Crippen MR) is 105 cm³/mol. The van der Waals surface area contributed by atoms with Gasteiger partial charge in [0.2, 0.25) is 0 Å². The Hall–Kier alpha value is -2.53. The molecular formula is C21H24ClNO4. The van der Waals surface area contributed by atoms with Crippen LogP contribution in [-0.4, -0.2) is 25.1 Å². The van der Waals surface area contributed by atoms with E-state index in [1.54, 1.807) is 31.2 Å². The third kappa shape index (κ3) is 6.61. The lowest BCUT2D eigenvalue weighted by Gasteiger charge is -2.20. The van der Waals surface area contributed by atoms with Crippen molar-refractivity contribution in [2.45, 2.75) is 32.7 Å². The maximum atomic E-state index is 12.3. The molecule has 0 radical (unpaired) electrons. The maximum absolute atomic E-state index is 12.3. The zero-order chi connectivity index (χ0) is 19.6. The lowest BCUT2D eigenvalue weighted by atomic mass is 10.0. The van der Waals surface area contributed by atoms with Crippen molar-refractivity contribution in [2.24, 2.45) is 0 Å². The van der Waals surface area contributed by atoms with Crippen molar-refractivity contribution in [1.82, 2.24) is 5.32 Å². The summed E-state index contributed by atoms with van der Waals surface area (Å²) in [4.78, 5) is 24.3. The molecule has 5 nitrogen and oxygen atoms in total. The summed E-state index contributed by atoms with van der Waals surface area (Å²) in [6.45, 7) is 3.93. The second-order valence-electron chi connectivity index (χ2n) is 5.94. The van der Waals surface area contributed by atoms with Crippen molar-refractivity contribution < 1.29 is 19.1 Å². The van der Waals surface area contributed by atoms with Crippen LogP contribution in [0.4, 0.5) is 0 Å². The van der Waals surface area contributed by atoms with Crippen molar-refractivity contribution in [2.75, 3.05) is 13.2 Å². The number of carbonyl (C=O) groups is 2. The Labute approximate surface area is 164 Å². The van der Waals surface area contributed by atoms with Gasteiger partial charge in [-0.05, 0) is 42.7 Å². The van der Waals surface area contributed by atoms with Crippen LogP contribution in [0.3, 0.4) is 0 Å². The van der Waals surface area contributed by atoms with E-state index in [9.17, 15) is 9.59 Å². The lowest BCUT2D eigenvalue weighted by Crippen LogP contribution is -2.34. The third-order valence-corrected chi connectivity index (χ3v) is 4.34. The summed E-state index contributed by atoms with van der Waals surface area (Å²) in [7, 11) is 0. The fourth-order valence-corrected chi connectivity index (χ4v) is 2.86. The van der Waals surface area contributed by atoms with E-state index in [0.29, 0.717) is 16.3 Å². The minimum Gasteiger partial charge on any atom is -0.484 e. The predicted octanol–water partition coefficient (Wildman–Crippen LogP) is 4.09. The van der Waals surface area contributed by atoms with Crippen LogP contribution in [0.25, 0.3) is 0 Å². The highest BCUT2D eigenvalue weighted by Gasteiger charge is 2.21. The molecule has 2 rings (SSSR count). The summed E-state index contributed by atoms with van der Waals surface area (Å²) in [5.74, 6) is -0.135. The number of hydrogen-bond acceptors (Lipinski definition) is 4. The van der Waals surface area contributed by atoms with Crippen molar-refractivity contribution in [1.29, 1.82) is 0 Å². The van der Waals surface area contributed by atoms with Gasteiger partial charge in [0.1, 0.15) is 5.75 Å². The number of hydrogen-bond donors (Lipinski definition) is 1. The quantitative estimate of drug-likeness (QED) is 0.656. The Morgan fingerprint density at radius 2 is 1.78 bits per heavy atom. The van der Waals surface area contributed by atoms with Crippen LogP contribution < -0.4 is 10.1 Å². The van der Waals surface area contributed by atoms with E-state index in [1.165, 1.54) is 5.56 Å². The molecule has 0 aliphatic carbocycles. The van der Waals surface area contributed by atoms with Gasteiger partial charge in [0, 0.05) is 5.02 Å². The molecule has 0 aliphatic rings. The van der Waals surface area contributed by atoms with Crippen LogP contribution in [0.1, 0.15) is 37.4 Å². The normalized spacial score (nSPS) is 11.5. The molecule has 0 fully saturated rings. The Morgan fingerprint density at radius 1 is 1.07 bits per heavy atom. The zero-order valence-electron chi connectivity index (χ0n) is 15.5. The van der Waals surface area contributed by atoms with Gasteiger partial charge in [-0.3, -0.25) is 9.59 Å². The molecule has 0 unspecified atom stereocenters. The molecule has 0 aliphatic heterocycles. The minimum atomic E-state index is -0.587.